The SMILES string of the molecule is O=C1/C(=C/c2ccc(-c3ccc(Cl)cc3)o2)SC(=S)N1C1CCC2CCCCC2C1. The van der Waals surface area contributed by atoms with Gasteiger partial charge < -0.3 is 4.42 Å². The van der Waals surface area contributed by atoms with Gasteiger partial charge in [-0.05, 0) is 67.5 Å². The third-order valence-electron chi connectivity index (χ3n) is 6.73. The summed E-state index contributed by atoms with van der Waals surface area (Å²) >= 11 is 13.0. The predicted octanol–water partition coefficient (Wildman–Crippen LogP) is 7.16. The molecule has 3 aliphatic rings. The number of carbonyl (C=O) groups excluding carboxylic acids is 1. The van der Waals surface area contributed by atoms with Crippen LogP contribution in [0.2, 0.25) is 5.02 Å². The molecule has 3 unspecified atom stereocenters. The molecule has 0 bridgehead atoms. The summed E-state index contributed by atoms with van der Waals surface area (Å²) in [4.78, 5) is 15.7. The van der Waals surface area contributed by atoms with Crippen LogP contribution in [0.5, 0.6) is 0 Å². The number of nitrogens with zero attached hydrogens (tertiary/aromatic N) is 1. The average Bonchev–Trinajstić information content (AvgIpc) is 3.33. The summed E-state index contributed by atoms with van der Waals surface area (Å²) in [6.45, 7) is 0. The van der Waals surface area contributed by atoms with E-state index in [1.165, 1.54) is 43.9 Å². The maximum absolute atomic E-state index is 13.2. The molecule has 2 heterocycles. The number of hydrogen-bond donors (Lipinski definition) is 0. The summed E-state index contributed by atoms with van der Waals surface area (Å²) in [5.41, 5.74) is 0.954. The summed E-state index contributed by atoms with van der Waals surface area (Å²) in [5, 5.41) is 0.691. The molecule has 2 aliphatic carbocycles. The van der Waals surface area contributed by atoms with E-state index in [9.17, 15) is 4.79 Å². The summed E-state index contributed by atoms with van der Waals surface area (Å²) in [6.07, 6.45) is 10.6. The Balaban J connectivity index is 1.32. The summed E-state index contributed by atoms with van der Waals surface area (Å²) in [7, 11) is 0. The lowest BCUT2D eigenvalue weighted by molar-refractivity contribution is -0.124. The standard InChI is InChI=1S/C24H24ClNO2S2/c25-18-8-5-16(6-9-18)21-12-11-20(28-21)14-22-23(27)26(24(29)30-22)19-10-7-15-3-1-2-4-17(15)13-19/h5-6,8-9,11-12,14-15,17,19H,1-4,7,10,13H2/b22-14-. The molecule has 3 nitrogen and oxygen atoms in total. The molecule has 156 valence electrons. The number of halogens is 1. The number of hydrogen-bond acceptors (Lipinski definition) is 4. The quantitative estimate of drug-likeness (QED) is 0.361. The van der Waals surface area contributed by atoms with Gasteiger partial charge >= 0.3 is 0 Å². The van der Waals surface area contributed by atoms with Gasteiger partial charge in [-0.25, -0.2) is 0 Å². The monoisotopic (exact) mass is 457 g/mol. The zero-order valence-electron chi connectivity index (χ0n) is 16.7. The van der Waals surface area contributed by atoms with E-state index in [4.69, 9.17) is 28.2 Å². The minimum absolute atomic E-state index is 0.0358. The Morgan fingerprint density at radius 1 is 1.03 bits per heavy atom. The smallest absolute Gasteiger partial charge is 0.266 e. The normalized spacial score (nSPS) is 28.2. The molecular formula is C24H24ClNO2S2. The molecule has 5 rings (SSSR count). The molecule has 0 radical (unpaired) electrons. The third-order valence-corrected chi connectivity index (χ3v) is 8.31. The second-order valence-electron chi connectivity index (χ2n) is 8.53. The average molecular weight is 458 g/mol. The van der Waals surface area contributed by atoms with Crippen molar-refractivity contribution >= 4 is 51.9 Å². The zero-order valence-corrected chi connectivity index (χ0v) is 19.1. The number of carbonyl (C=O) groups is 1. The fraction of sp³-hybridized carbons (Fsp3) is 0.417. The van der Waals surface area contributed by atoms with Crippen molar-refractivity contribution in [3.63, 3.8) is 0 Å². The number of furan rings is 1. The Kier molecular flexibility index (Phi) is 5.78. The van der Waals surface area contributed by atoms with E-state index < -0.39 is 0 Å². The van der Waals surface area contributed by atoms with Crippen molar-refractivity contribution in [2.45, 2.75) is 51.0 Å². The van der Waals surface area contributed by atoms with Gasteiger partial charge in [0.05, 0.1) is 4.91 Å². The van der Waals surface area contributed by atoms with Crippen molar-refractivity contribution in [3.05, 3.63) is 52.1 Å². The van der Waals surface area contributed by atoms with Crippen LogP contribution in [0.1, 0.15) is 50.7 Å². The summed E-state index contributed by atoms with van der Waals surface area (Å²) in [5.74, 6) is 3.07. The van der Waals surface area contributed by atoms with Gasteiger partial charge in [-0.1, -0.05) is 61.3 Å². The molecule has 2 saturated carbocycles. The van der Waals surface area contributed by atoms with Crippen molar-refractivity contribution in [3.8, 4) is 11.3 Å². The van der Waals surface area contributed by atoms with Crippen LogP contribution in [0.3, 0.4) is 0 Å². The molecule has 6 heteroatoms. The second-order valence-corrected chi connectivity index (χ2v) is 10.6. The molecule has 1 saturated heterocycles. The predicted molar refractivity (Wildman–Crippen MR) is 127 cm³/mol. The van der Waals surface area contributed by atoms with Crippen molar-refractivity contribution in [1.29, 1.82) is 0 Å². The van der Waals surface area contributed by atoms with Crippen LogP contribution < -0.4 is 0 Å². The molecule has 1 amide bonds. The van der Waals surface area contributed by atoms with E-state index in [2.05, 4.69) is 0 Å². The van der Waals surface area contributed by atoms with Gasteiger partial charge in [0.2, 0.25) is 0 Å². The van der Waals surface area contributed by atoms with Crippen LogP contribution in [0.15, 0.2) is 45.7 Å². The Labute approximate surface area is 191 Å². The maximum atomic E-state index is 13.2. The first-order valence-corrected chi connectivity index (χ1v) is 12.3. The first-order valence-electron chi connectivity index (χ1n) is 10.7. The first kappa shape index (κ1) is 20.3. The van der Waals surface area contributed by atoms with Crippen molar-refractivity contribution in [1.82, 2.24) is 4.90 Å². The van der Waals surface area contributed by atoms with Gasteiger partial charge in [0, 0.05) is 22.7 Å². The van der Waals surface area contributed by atoms with E-state index in [-0.39, 0.29) is 11.9 Å². The highest BCUT2D eigenvalue weighted by molar-refractivity contribution is 8.26. The zero-order chi connectivity index (χ0) is 20.7. The van der Waals surface area contributed by atoms with Crippen LogP contribution in [0, 0.1) is 11.8 Å². The number of rotatable bonds is 3. The molecular weight excluding hydrogens is 434 g/mol. The van der Waals surface area contributed by atoms with Crippen LogP contribution in [-0.4, -0.2) is 21.2 Å². The van der Waals surface area contributed by atoms with Crippen LogP contribution in [0.4, 0.5) is 0 Å². The maximum Gasteiger partial charge on any atom is 0.266 e. The molecule has 30 heavy (non-hydrogen) atoms. The largest absolute Gasteiger partial charge is 0.457 e. The van der Waals surface area contributed by atoms with E-state index in [0.29, 0.717) is 20.0 Å². The Bertz CT molecular complexity index is 997. The van der Waals surface area contributed by atoms with E-state index in [1.807, 2.05) is 47.4 Å². The van der Waals surface area contributed by atoms with Gasteiger partial charge in [-0.2, -0.15) is 0 Å². The fourth-order valence-electron chi connectivity index (χ4n) is 5.21. The number of fused-ring (bicyclic) bond motifs is 1. The van der Waals surface area contributed by atoms with Gasteiger partial charge in [0.25, 0.3) is 5.91 Å². The molecule has 2 aromatic rings. The van der Waals surface area contributed by atoms with Crippen LogP contribution >= 0.6 is 35.6 Å². The second kappa shape index (κ2) is 8.52. The minimum atomic E-state index is 0.0358. The number of benzene rings is 1. The van der Waals surface area contributed by atoms with E-state index in [0.717, 1.165) is 36.0 Å². The van der Waals surface area contributed by atoms with Crippen molar-refractivity contribution in [2.24, 2.45) is 11.8 Å². The summed E-state index contributed by atoms with van der Waals surface area (Å²) in [6, 6.07) is 11.6. The highest BCUT2D eigenvalue weighted by Crippen LogP contribution is 2.44. The highest BCUT2D eigenvalue weighted by Gasteiger charge is 2.41. The van der Waals surface area contributed by atoms with Crippen molar-refractivity contribution in [2.75, 3.05) is 0 Å². The van der Waals surface area contributed by atoms with Crippen molar-refractivity contribution < 1.29 is 9.21 Å². The van der Waals surface area contributed by atoms with Gasteiger partial charge in [0.15, 0.2) is 0 Å². The Morgan fingerprint density at radius 2 is 1.80 bits per heavy atom. The van der Waals surface area contributed by atoms with E-state index >= 15 is 0 Å². The topological polar surface area (TPSA) is 33.5 Å². The summed E-state index contributed by atoms with van der Waals surface area (Å²) < 4.78 is 6.65. The fourth-order valence-corrected chi connectivity index (χ4v) is 6.71. The number of thioether (sulfide) groups is 1. The molecule has 0 spiro atoms. The molecule has 3 fully saturated rings. The molecule has 1 aromatic carbocycles. The third kappa shape index (κ3) is 4.00. The van der Waals surface area contributed by atoms with Gasteiger partial charge in [0.1, 0.15) is 15.8 Å². The molecule has 1 aromatic heterocycles. The lowest BCUT2D eigenvalue weighted by Gasteiger charge is -2.41. The van der Waals surface area contributed by atoms with Gasteiger partial charge in [-0.3, -0.25) is 9.69 Å². The Morgan fingerprint density at radius 3 is 2.60 bits per heavy atom. The molecule has 0 N–H and O–H groups in total. The van der Waals surface area contributed by atoms with Gasteiger partial charge in [-0.15, -0.1) is 0 Å². The van der Waals surface area contributed by atoms with Crippen LogP contribution in [-0.2, 0) is 4.79 Å². The molecule has 3 atom stereocenters. The minimum Gasteiger partial charge on any atom is -0.457 e. The molecule has 1 aliphatic heterocycles. The first-order chi connectivity index (χ1) is 14.6. The number of thiocarbonyl (C=S) groups is 1. The number of amides is 1. The lowest BCUT2D eigenvalue weighted by atomic mass is 9.69. The van der Waals surface area contributed by atoms with Crippen LogP contribution in [0.25, 0.3) is 17.4 Å². The highest BCUT2D eigenvalue weighted by atomic mass is 35.5. The lowest BCUT2D eigenvalue weighted by Crippen LogP contribution is -2.44. The Hall–Kier alpha value is -1.56. The van der Waals surface area contributed by atoms with E-state index in [1.54, 1.807) is 0 Å².